The number of rotatable bonds is 5. The van der Waals surface area contributed by atoms with E-state index in [0.717, 1.165) is 99.3 Å². The van der Waals surface area contributed by atoms with Gasteiger partial charge in [-0.3, -0.25) is 4.57 Å². The van der Waals surface area contributed by atoms with Crippen molar-refractivity contribution in [1.82, 2.24) is 14.5 Å². The molecule has 10 aromatic carbocycles. The van der Waals surface area contributed by atoms with E-state index in [0.29, 0.717) is 5.95 Å². The lowest BCUT2D eigenvalue weighted by Crippen LogP contribution is -2.04. The molecule has 4 nitrogen and oxygen atoms in total. The van der Waals surface area contributed by atoms with Crippen LogP contribution in [0.3, 0.4) is 0 Å². The Morgan fingerprint density at radius 1 is 0.344 bits per heavy atom. The normalized spacial score (nSPS) is 11.6. The molecule has 0 spiro atoms. The fourth-order valence-corrected chi connectivity index (χ4v) is 9.79. The van der Waals surface area contributed by atoms with Gasteiger partial charge in [0.25, 0.3) is 0 Å². The van der Waals surface area contributed by atoms with Crippen LogP contribution in [-0.2, 0) is 0 Å². The second kappa shape index (κ2) is 15.2. The van der Waals surface area contributed by atoms with Gasteiger partial charge in [0.2, 0.25) is 5.95 Å². The van der Waals surface area contributed by atoms with Gasteiger partial charge in [-0.05, 0) is 80.4 Å². The van der Waals surface area contributed by atoms with Crippen LogP contribution in [-0.4, -0.2) is 14.5 Å². The Morgan fingerprint density at radius 3 is 1.64 bits per heavy atom. The van der Waals surface area contributed by atoms with Crippen molar-refractivity contribution in [3.63, 3.8) is 0 Å². The van der Waals surface area contributed by atoms with Crippen molar-refractivity contribution >= 4 is 76.2 Å². The predicted molar refractivity (Wildman–Crippen MR) is 269 cm³/mol. The Balaban J connectivity index is 0.00000214. The Hall–Kier alpha value is -8.34. The third-order valence-corrected chi connectivity index (χ3v) is 12.6. The molecular formula is C60H41N3O. The summed E-state index contributed by atoms with van der Waals surface area (Å²) in [5.41, 5.74) is 13.7. The minimum Gasteiger partial charge on any atom is -0.456 e. The summed E-state index contributed by atoms with van der Waals surface area (Å²) < 4.78 is 8.50. The lowest BCUT2D eigenvalue weighted by Gasteiger charge is -2.15. The van der Waals surface area contributed by atoms with E-state index in [4.69, 9.17) is 14.4 Å². The van der Waals surface area contributed by atoms with Gasteiger partial charge in [-0.2, -0.15) is 0 Å². The molecule has 0 saturated heterocycles. The molecule has 0 fully saturated rings. The molecule has 3 aromatic heterocycles. The van der Waals surface area contributed by atoms with Gasteiger partial charge in [-0.25, -0.2) is 9.97 Å². The number of para-hydroxylation sites is 3. The van der Waals surface area contributed by atoms with E-state index >= 15 is 0 Å². The van der Waals surface area contributed by atoms with E-state index in [9.17, 15) is 0 Å². The molecule has 0 radical (unpaired) electrons. The van der Waals surface area contributed by atoms with E-state index in [-0.39, 0.29) is 0 Å². The molecule has 302 valence electrons. The molecule has 0 atom stereocenters. The number of hydrogen-bond acceptors (Lipinski definition) is 3. The number of nitrogens with zero attached hydrogens (tertiary/aromatic N) is 3. The monoisotopic (exact) mass is 819 g/mol. The Labute approximate surface area is 370 Å². The molecule has 13 rings (SSSR count). The zero-order chi connectivity index (χ0) is 42.7. The summed E-state index contributed by atoms with van der Waals surface area (Å²) in [6.45, 7) is 4.00. The number of hydrogen-bond donors (Lipinski definition) is 0. The summed E-state index contributed by atoms with van der Waals surface area (Å²) in [4.78, 5) is 10.9. The molecule has 0 aliphatic carbocycles. The van der Waals surface area contributed by atoms with E-state index in [2.05, 4.69) is 205 Å². The highest BCUT2D eigenvalue weighted by atomic mass is 16.3. The van der Waals surface area contributed by atoms with E-state index in [1.165, 1.54) is 21.5 Å². The van der Waals surface area contributed by atoms with Crippen molar-refractivity contribution in [3.8, 4) is 50.6 Å². The standard InChI is InChI=1S/C58H35N3O.C2H6/c1-2-15-36(16-3-1)55-48-26-8-10-29-51(48)59-58(60-55)61-56-42(27-14-28-49(56)54-46-24-6-4-21-43(46)44-22-5-7-25-47(44)57(54)61)41-20-13-19-39(34-41)37-17-12-18-38(33-37)40-31-32-53-50(35-40)45-23-9-11-30-52(45)62-53;1-2/h1-35H;1-2H3. The quantitative estimate of drug-likeness (QED) is 0.163. The van der Waals surface area contributed by atoms with Crippen LogP contribution in [0.25, 0.3) is 127 Å². The zero-order valence-electron chi connectivity index (χ0n) is 35.5. The third-order valence-electron chi connectivity index (χ3n) is 12.6. The van der Waals surface area contributed by atoms with Crippen molar-refractivity contribution in [2.75, 3.05) is 0 Å². The first kappa shape index (κ1) is 37.4. The Morgan fingerprint density at radius 2 is 0.875 bits per heavy atom. The maximum absolute atomic E-state index is 6.16. The van der Waals surface area contributed by atoms with Crippen molar-refractivity contribution in [2.45, 2.75) is 13.8 Å². The van der Waals surface area contributed by atoms with Gasteiger partial charge in [0.15, 0.2) is 0 Å². The van der Waals surface area contributed by atoms with Crippen LogP contribution in [0.2, 0.25) is 0 Å². The summed E-state index contributed by atoms with van der Waals surface area (Å²) in [5.74, 6) is 0.640. The Kier molecular flexibility index (Phi) is 8.91. The number of aromatic nitrogens is 3. The highest BCUT2D eigenvalue weighted by Gasteiger charge is 2.24. The van der Waals surface area contributed by atoms with Crippen LogP contribution in [0.4, 0.5) is 0 Å². The highest BCUT2D eigenvalue weighted by Crippen LogP contribution is 2.45. The maximum Gasteiger partial charge on any atom is 0.235 e. The second-order valence-corrected chi connectivity index (χ2v) is 16.1. The van der Waals surface area contributed by atoms with Crippen LogP contribution in [0.5, 0.6) is 0 Å². The van der Waals surface area contributed by atoms with Gasteiger partial charge in [0.1, 0.15) is 11.2 Å². The lowest BCUT2D eigenvalue weighted by molar-refractivity contribution is 0.669. The summed E-state index contributed by atoms with van der Waals surface area (Å²) in [6, 6.07) is 75.7. The van der Waals surface area contributed by atoms with Crippen LogP contribution >= 0.6 is 0 Å². The molecule has 0 unspecified atom stereocenters. The molecule has 3 heterocycles. The summed E-state index contributed by atoms with van der Waals surface area (Å²) in [5, 5.41) is 10.4. The summed E-state index contributed by atoms with van der Waals surface area (Å²) in [7, 11) is 0. The van der Waals surface area contributed by atoms with Crippen LogP contribution < -0.4 is 0 Å². The number of furan rings is 1. The molecule has 0 amide bonds. The van der Waals surface area contributed by atoms with Gasteiger partial charge >= 0.3 is 0 Å². The average molecular weight is 820 g/mol. The van der Waals surface area contributed by atoms with E-state index < -0.39 is 0 Å². The first-order valence-electron chi connectivity index (χ1n) is 22.1. The second-order valence-electron chi connectivity index (χ2n) is 16.1. The largest absolute Gasteiger partial charge is 0.456 e. The SMILES string of the molecule is CC.c1ccc(-c2nc(-n3c4c(-c5cccc(-c6cccc(-c7ccc8oc9ccccc9c8c7)c6)c5)cccc4c4c5ccccc5c5ccccc5c43)nc3ccccc23)cc1. The molecule has 0 aliphatic heterocycles. The predicted octanol–water partition coefficient (Wildman–Crippen LogP) is 16.6. The Bertz CT molecular complexity index is 3930. The third kappa shape index (κ3) is 5.91. The van der Waals surface area contributed by atoms with Crippen molar-refractivity contribution in [1.29, 1.82) is 0 Å². The fourth-order valence-electron chi connectivity index (χ4n) is 9.79. The van der Waals surface area contributed by atoms with Crippen molar-refractivity contribution in [2.24, 2.45) is 0 Å². The van der Waals surface area contributed by atoms with Gasteiger partial charge in [0.05, 0.1) is 22.2 Å². The number of benzene rings is 10. The fraction of sp³-hybridized carbons (Fsp3) is 0.0333. The molecule has 0 bridgehead atoms. The maximum atomic E-state index is 6.16. The van der Waals surface area contributed by atoms with E-state index in [1.807, 2.05) is 26.0 Å². The minimum absolute atomic E-state index is 0.640. The molecule has 0 aliphatic rings. The molecule has 13 aromatic rings. The highest BCUT2D eigenvalue weighted by molar-refractivity contribution is 6.33. The molecule has 64 heavy (non-hydrogen) atoms. The number of fused-ring (bicyclic) bond motifs is 12. The topological polar surface area (TPSA) is 43.9 Å². The minimum atomic E-state index is 0.640. The van der Waals surface area contributed by atoms with Gasteiger partial charge in [-0.15, -0.1) is 0 Å². The molecular weight excluding hydrogens is 779 g/mol. The van der Waals surface area contributed by atoms with Crippen LogP contribution in [0.15, 0.2) is 217 Å². The summed E-state index contributed by atoms with van der Waals surface area (Å²) in [6.07, 6.45) is 0. The van der Waals surface area contributed by atoms with Crippen molar-refractivity contribution in [3.05, 3.63) is 212 Å². The van der Waals surface area contributed by atoms with Crippen molar-refractivity contribution < 1.29 is 4.42 Å². The first-order valence-corrected chi connectivity index (χ1v) is 22.1. The molecule has 0 N–H and O–H groups in total. The van der Waals surface area contributed by atoms with Gasteiger partial charge in [0, 0.05) is 43.4 Å². The molecule has 0 saturated carbocycles. The first-order chi connectivity index (χ1) is 31.7. The van der Waals surface area contributed by atoms with E-state index in [1.54, 1.807) is 0 Å². The molecule has 4 heteroatoms. The lowest BCUT2D eigenvalue weighted by atomic mass is 9.94. The smallest absolute Gasteiger partial charge is 0.235 e. The van der Waals surface area contributed by atoms with Gasteiger partial charge < -0.3 is 4.42 Å². The summed E-state index contributed by atoms with van der Waals surface area (Å²) >= 11 is 0. The van der Waals surface area contributed by atoms with Gasteiger partial charge in [-0.1, -0.05) is 190 Å². The van der Waals surface area contributed by atoms with Crippen LogP contribution in [0.1, 0.15) is 13.8 Å². The zero-order valence-corrected chi connectivity index (χ0v) is 35.5. The average Bonchev–Trinajstić information content (AvgIpc) is 3.93. The van der Waals surface area contributed by atoms with Crippen LogP contribution in [0, 0.1) is 0 Å².